The Morgan fingerprint density at radius 3 is 2.57 bits per heavy atom. The lowest BCUT2D eigenvalue weighted by atomic mass is 9.93. The molecule has 0 bridgehead atoms. The number of H-pyrrole nitrogens is 1. The van der Waals surface area contributed by atoms with E-state index in [1.54, 1.807) is 12.3 Å². The number of rotatable bonds is 5. The SMILES string of the molecule is O=c1[nH]c(O)c(C=Nc2ccc(N3CCC(CCO)CC3)cc2)c2cc(I)ccc12. The van der Waals surface area contributed by atoms with E-state index >= 15 is 0 Å². The summed E-state index contributed by atoms with van der Waals surface area (Å²) >= 11 is 2.18. The summed E-state index contributed by atoms with van der Waals surface area (Å²) in [6, 6.07) is 13.5. The van der Waals surface area contributed by atoms with E-state index in [9.17, 15) is 9.90 Å². The number of hydrogen-bond donors (Lipinski definition) is 3. The third-order valence-corrected chi connectivity index (χ3v) is 6.38. The molecule has 3 aromatic rings. The van der Waals surface area contributed by atoms with E-state index in [2.05, 4.69) is 49.6 Å². The van der Waals surface area contributed by atoms with Crippen LogP contribution in [0.4, 0.5) is 11.4 Å². The predicted molar refractivity (Wildman–Crippen MR) is 129 cm³/mol. The molecular weight excluding hydrogens is 493 g/mol. The summed E-state index contributed by atoms with van der Waals surface area (Å²) in [5.41, 5.74) is 2.13. The predicted octanol–water partition coefficient (Wildman–Crippen LogP) is 4.19. The second-order valence-corrected chi connectivity index (χ2v) is 8.87. The van der Waals surface area contributed by atoms with E-state index in [0.717, 1.165) is 41.6 Å². The van der Waals surface area contributed by atoms with E-state index in [0.29, 0.717) is 22.3 Å². The Labute approximate surface area is 188 Å². The third kappa shape index (κ3) is 4.52. The average molecular weight is 517 g/mol. The second-order valence-electron chi connectivity index (χ2n) is 7.62. The number of pyridine rings is 1. The molecule has 1 fully saturated rings. The van der Waals surface area contributed by atoms with Crippen LogP contribution in [-0.4, -0.2) is 41.1 Å². The topological polar surface area (TPSA) is 88.9 Å². The molecule has 0 spiro atoms. The van der Waals surface area contributed by atoms with Crippen LogP contribution < -0.4 is 10.5 Å². The summed E-state index contributed by atoms with van der Waals surface area (Å²) in [6.07, 6.45) is 4.71. The van der Waals surface area contributed by atoms with Gasteiger partial charge in [-0.25, -0.2) is 0 Å². The van der Waals surface area contributed by atoms with Crippen molar-refractivity contribution in [3.05, 3.63) is 62.0 Å². The molecule has 1 saturated heterocycles. The molecule has 156 valence electrons. The quantitative estimate of drug-likeness (QED) is 0.350. The molecule has 7 heteroatoms. The summed E-state index contributed by atoms with van der Waals surface area (Å²) in [5.74, 6) is 0.443. The van der Waals surface area contributed by atoms with Crippen molar-refractivity contribution in [3.8, 4) is 5.88 Å². The zero-order chi connectivity index (χ0) is 21.1. The van der Waals surface area contributed by atoms with Crippen LogP contribution in [0.1, 0.15) is 24.8 Å². The van der Waals surface area contributed by atoms with Crippen molar-refractivity contribution in [1.29, 1.82) is 0 Å². The van der Waals surface area contributed by atoms with Crippen molar-refractivity contribution >= 4 is 51.0 Å². The van der Waals surface area contributed by atoms with Gasteiger partial charge in [0.1, 0.15) is 0 Å². The number of aliphatic hydroxyl groups is 1. The number of aromatic hydroxyl groups is 1. The van der Waals surface area contributed by atoms with Gasteiger partial charge in [-0.15, -0.1) is 0 Å². The van der Waals surface area contributed by atoms with Gasteiger partial charge in [0.05, 0.1) is 11.3 Å². The van der Waals surface area contributed by atoms with Gasteiger partial charge in [0.2, 0.25) is 5.88 Å². The standard InChI is InChI=1S/C23H24IN3O3/c24-16-1-6-19-20(13-16)21(23(30)26-22(19)29)14-25-17-2-4-18(5-3-17)27-10-7-15(8-11-27)9-12-28/h1-6,13-15,28H,7-12H2,(H2,26,29,30). The maximum Gasteiger partial charge on any atom is 0.258 e. The largest absolute Gasteiger partial charge is 0.494 e. The van der Waals surface area contributed by atoms with Gasteiger partial charge < -0.3 is 15.1 Å². The number of halogens is 1. The molecule has 2 heterocycles. The molecule has 0 radical (unpaired) electrons. The fourth-order valence-corrected chi connectivity index (χ4v) is 4.48. The van der Waals surface area contributed by atoms with E-state index in [4.69, 9.17) is 5.11 Å². The lowest BCUT2D eigenvalue weighted by molar-refractivity contribution is 0.240. The van der Waals surface area contributed by atoms with Gasteiger partial charge in [-0.2, -0.15) is 0 Å². The Balaban J connectivity index is 1.53. The highest BCUT2D eigenvalue weighted by Gasteiger charge is 2.18. The van der Waals surface area contributed by atoms with Crippen LogP contribution in [0.25, 0.3) is 10.8 Å². The first-order valence-corrected chi connectivity index (χ1v) is 11.2. The Morgan fingerprint density at radius 1 is 1.13 bits per heavy atom. The van der Waals surface area contributed by atoms with Crippen LogP contribution >= 0.6 is 22.6 Å². The molecule has 1 aliphatic heterocycles. The number of nitrogens with one attached hydrogen (secondary N) is 1. The van der Waals surface area contributed by atoms with E-state index in [-0.39, 0.29) is 18.0 Å². The number of benzene rings is 2. The van der Waals surface area contributed by atoms with Crippen molar-refractivity contribution in [1.82, 2.24) is 4.98 Å². The number of aliphatic hydroxyl groups excluding tert-OH is 1. The van der Waals surface area contributed by atoms with Gasteiger partial charge in [0.15, 0.2) is 0 Å². The number of piperidine rings is 1. The number of anilines is 1. The monoisotopic (exact) mass is 517 g/mol. The first-order chi connectivity index (χ1) is 14.5. The summed E-state index contributed by atoms with van der Waals surface area (Å²) in [4.78, 5) is 21.5. The van der Waals surface area contributed by atoms with E-state index in [1.807, 2.05) is 24.3 Å². The molecule has 4 rings (SSSR count). The molecule has 0 saturated carbocycles. The van der Waals surface area contributed by atoms with Crippen LogP contribution in [-0.2, 0) is 0 Å². The minimum absolute atomic E-state index is 0.180. The van der Waals surface area contributed by atoms with Gasteiger partial charge in [-0.1, -0.05) is 0 Å². The maximum absolute atomic E-state index is 12.1. The van der Waals surface area contributed by atoms with Gasteiger partial charge in [0, 0.05) is 45.9 Å². The smallest absolute Gasteiger partial charge is 0.258 e. The summed E-state index contributed by atoms with van der Waals surface area (Å²) in [5, 5.41) is 20.6. The molecule has 3 N–H and O–H groups in total. The number of fused-ring (bicyclic) bond motifs is 1. The molecule has 6 nitrogen and oxygen atoms in total. The van der Waals surface area contributed by atoms with Crippen LogP contribution in [0.2, 0.25) is 0 Å². The van der Waals surface area contributed by atoms with Crippen molar-refractivity contribution in [2.24, 2.45) is 10.9 Å². The molecule has 1 aromatic heterocycles. The molecular formula is C23H24IN3O3. The van der Waals surface area contributed by atoms with Crippen molar-refractivity contribution < 1.29 is 10.2 Å². The van der Waals surface area contributed by atoms with Crippen LogP contribution in [0.5, 0.6) is 5.88 Å². The number of aromatic amines is 1. The number of hydrogen-bond acceptors (Lipinski definition) is 5. The zero-order valence-electron chi connectivity index (χ0n) is 16.5. The molecule has 1 aliphatic rings. The Kier molecular flexibility index (Phi) is 6.38. The van der Waals surface area contributed by atoms with Gasteiger partial charge in [-0.05, 0) is 90.2 Å². The molecule has 0 aliphatic carbocycles. The number of aromatic nitrogens is 1. The Morgan fingerprint density at radius 2 is 1.87 bits per heavy atom. The highest BCUT2D eigenvalue weighted by atomic mass is 127. The second kappa shape index (κ2) is 9.18. The summed E-state index contributed by atoms with van der Waals surface area (Å²) in [6.45, 7) is 2.28. The Hall–Kier alpha value is -2.39. The van der Waals surface area contributed by atoms with E-state index < -0.39 is 0 Å². The Bertz CT molecular complexity index is 1120. The van der Waals surface area contributed by atoms with Crippen LogP contribution in [0.3, 0.4) is 0 Å². The van der Waals surface area contributed by atoms with Crippen molar-refractivity contribution in [2.45, 2.75) is 19.3 Å². The average Bonchev–Trinajstić information content (AvgIpc) is 2.74. The lowest BCUT2D eigenvalue weighted by Crippen LogP contribution is -2.33. The van der Waals surface area contributed by atoms with Gasteiger partial charge >= 0.3 is 0 Å². The highest BCUT2D eigenvalue weighted by Crippen LogP contribution is 2.27. The third-order valence-electron chi connectivity index (χ3n) is 5.71. The maximum atomic E-state index is 12.1. The lowest BCUT2D eigenvalue weighted by Gasteiger charge is -2.33. The molecule has 0 unspecified atom stereocenters. The minimum Gasteiger partial charge on any atom is -0.494 e. The first-order valence-electron chi connectivity index (χ1n) is 10.1. The fourth-order valence-electron chi connectivity index (χ4n) is 3.99. The van der Waals surface area contributed by atoms with Gasteiger partial charge in [-0.3, -0.25) is 14.8 Å². The molecule has 0 atom stereocenters. The molecule has 0 amide bonds. The minimum atomic E-state index is -0.317. The molecule has 2 aromatic carbocycles. The van der Waals surface area contributed by atoms with E-state index in [1.165, 1.54) is 5.69 Å². The number of nitrogens with zero attached hydrogens (tertiary/aromatic N) is 2. The summed E-state index contributed by atoms with van der Waals surface area (Å²) in [7, 11) is 0. The van der Waals surface area contributed by atoms with Crippen molar-refractivity contribution in [3.63, 3.8) is 0 Å². The normalized spacial score (nSPS) is 15.3. The van der Waals surface area contributed by atoms with Crippen molar-refractivity contribution in [2.75, 3.05) is 24.6 Å². The first kappa shape index (κ1) is 20.9. The van der Waals surface area contributed by atoms with Gasteiger partial charge in [0.25, 0.3) is 5.56 Å². The zero-order valence-corrected chi connectivity index (χ0v) is 18.7. The molecule has 30 heavy (non-hydrogen) atoms. The fraction of sp³-hybridized carbons (Fsp3) is 0.304. The summed E-state index contributed by atoms with van der Waals surface area (Å²) < 4.78 is 0.979. The van der Waals surface area contributed by atoms with Crippen LogP contribution in [0, 0.1) is 9.49 Å². The highest BCUT2D eigenvalue weighted by molar-refractivity contribution is 14.1. The number of aliphatic imine (C=N–C) groups is 1. The van der Waals surface area contributed by atoms with Crippen LogP contribution in [0.15, 0.2) is 52.3 Å².